The first kappa shape index (κ1) is 12.3. The number of hydrogen-bond acceptors (Lipinski definition) is 3. The van der Waals surface area contributed by atoms with Crippen molar-refractivity contribution in [2.24, 2.45) is 5.73 Å². The van der Waals surface area contributed by atoms with Gasteiger partial charge in [0.1, 0.15) is 0 Å². The van der Waals surface area contributed by atoms with Gasteiger partial charge in [-0.15, -0.1) is 0 Å². The van der Waals surface area contributed by atoms with Crippen LogP contribution in [0.4, 0.5) is 0 Å². The van der Waals surface area contributed by atoms with Crippen molar-refractivity contribution in [3.05, 3.63) is 0 Å². The summed E-state index contributed by atoms with van der Waals surface area (Å²) in [5, 5.41) is 0. The van der Waals surface area contributed by atoms with E-state index in [1.807, 2.05) is 0 Å². The van der Waals surface area contributed by atoms with Crippen molar-refractivity contribution in [2.45, 2.75) is 51.1 Å². The standard InChI is InChI=1S/C13H27N3/c1-3-13(2,11-14)16-9-8-15-7-5-4-6-12(15)10-16/h12H,3-11,14H2,1-2H3. The van der Waals surface area contributed by atoms with Gasteiger partial charge in [-0.25, -0.2) is 0 Å². The Bertz CT molecular complexity index is 225. The van der Waals surface area contributed by atoms with Crippen LogP contribution >= 0.6 is 0 Å². The summed E-state index contributed by atoms with van der Waals surface area (Å²) in [6.45, 7) is 10.4. The Morgan fingerprint density at radius 3 is 2.75 bits per heavy atom. The largest absolute Gasteiger partial charge is 0.329 e. The molecular weight excluding hydrogens is 198 g/mol. The maximum Gasteiger partial charge on any atom is 0.0302 e. The summed E-state index contributed by atoms with van der Waals surface area (Å²) >= 11 is 0. The van der Waals surface area contributed by atoms with Crippen LogP contribution in [0, 0.1) is 0 Å². The van der Waals surface area contributed by atoms with Crippen LogP contribution in [0.3, 0.4) is 0 Å². The molecule has 16 heavy (non-hydrogen) atoms. The van der Waals surface area contributed by atoms with Crippen molar-refractivity contribution < 1.29 is 0 Å². The molecule has 0 spiro atoms. The van der Waals surface area contributed by atoms with E-state index in [4.69, 9.17) is 5.73 Å². The molecule has 2 N–H and O–H groups in total. The molecule has 2 rings (SSSR count). The highest BCUT2D eigenvalue weighted by atomic mass is 15.3. The molecule has 0 saturated carbocycles. The lowest BCUT2D eigenvalue weighted by Crippen LogP contribution is -2.62. The maximum absolute atomic E-state index is 5.96. The van der Waals surface area contributed by atoms with Crippen LogP contribution in [0.2, 0.25) is 0 Å². The Hall–Kier alpha value is -0.120. The van der Waals surface area contributed by atoms with Gasteiger partial charge in [-0.3, -0.25) is 9.80 Å². The van der Waals surface area contributed by atoms with Crippen molar-refractivity contribution >= 4 is 0 Å². The molecule has 2 saturated heterocycles. The summed E-state index contributed by atoms with van der Waals surface area (Å²) in [6, 6.07) is 0.805. The van der Waals surface area contributed by atoms with Crippen molar-refractivity contribution in [1.82, 2.24) is 9.80 Å². The Labute approximate surface area is 100.0 Å². The van der Waals surface area contributed by atoms with Crippen LogP contribution in [-0.2, 0) is 0 Å². The van der Waals surface area contributed by atoms with E-state index in [0.717, 1.165) is 19.0 Å². The molecule has 2 heterocycles. The number of hydrogen-bond donors (Lipinski definition) is 1. The molecule has 3 heteroatoms. The van der Waals surface area contributed by atoms with E-state index < -0.39 is 0 Å². The Morgan fingerprint density at radius 1 is 1.25 bits per heavy atom. The summed E-state index contributed by atoms with van der Waals surface area (Å²) in [5.41, 5.74) is 6.19. The minimum atomic E-state index is 0.226. The van der Waals surface area contributed by atoms with Gasteiger partial charge in [-0.1, -0.05) is 13.3 Å². The summed E-state index contributed by atoms with van der Waals surface area (Å²) in [5.74, 6) is 0. The van der Waals surface area contributed by atoms with Gasteiger partial charge in [0.2, 0.25) is 0 Å². The van der Waals surface area contributed by atoms with Gasteiger partial charge in [-0.05, 0) is 32.7 Å². The molecule has 2 aliphatic rings. The Balaban J connectivity index is 1.98. The monoisotopic (exact) mass is 225 g/mol. The fourth-order valence-electron chi connectivity index (χ4n) is 3.14. The van der Waals surface area contributed by atoms with E-state index >= 15 is 0 Å². The number of piperazine rings is 1. The second kappa shape index (κ2) is 5.03. The minimum absolute atomic E-state index is 0.226. The first-order valence-electron chi connectivity index (χ1n) is 6.89. The Kier molecular flexibility index (Phi) is 3.88. The predicted molar refractivity (Wildman–Crippen MR) is 68.5 cm³/mol. The molecule has 2 unspecified atom stereocenters. The van der Waals surface area contributed by atoms with Crippen LogP contribution in [-0.4, -0.2) is 54.1 Å². The maximum atomic E-state index is 5.96. The Morgan fingerprint density at radius 2 is 2.06 bits per heavy atom. The number of fused-ring (bicyclic) bond motifs is 1. The third kappa shape index (κ3) is 2.27. The molecule has 2 aliphatic heterocycles. The molecule has 0 bridgehead atoms. The van der Waals surface area contributed by atoms with Gasteiger partial charge in [0.05, 0.1) is 0 Å². The lowest BCUT2D eigenvalue weighted by Gasteiger charge is -2.50. The van der Waals surface area contributed by atoms with E-state index in [1.165, 1.54) is 45.4 Å². The smallest absolute Gasteiger partial charge is 0.0302 e. The third-order valence-electron chi connectivity index (χ3n) is 4.80. The lowest BCUT2D eigenvalue weighted by molar-refractivity contribution is -0.00565. The predicted octanol–water partition coefficient (Wildman–Crippen LogP) is 1.28. The molecule has 0 aromatic rings. The van der Waals surface area contributed by atoms with Crippen LogP contribution < -0.4 is 5.73 Å². The molecule has 3 nitrogen and oxygen atoms in total. The fourth-order valence-corrected chi connectivity index (χ4v) is 3.14. The number of nitrogens with two attached hydrogens (primary N) is 1. The van der Waals surface area contributed by atoms with Crippen LogP contribution in [0.15, 0.2) is 0 Å². The van der Waals surface area contributed by atoms with E-state index in [0.29, 0.717) is 0 Å². The first-order valence-corrected chi connectivity index (χ1v) is 6.89. The normalized spacial score (nSPS) is 32.1. The SMILES string of the molecule is CCC(C)(CN)N1CCN2CCCCC2C1. The second-order valence-corrected chi connectivity index (χ2v) is 5.69. The third-order valence-corrected chi connectivity index (χ3v) is 4.80. The van der Waals surface area contributed by atoms with Crippen molar-refractivity contribution in [3.63, 3.8) is 0 Å². The minimum Gasteiger partial charge on any atom is -0.329 e. The average Bonchev–Trinajstić information content (AvgIpc) is 2.37. The zero-order valence-electron chi connectivity index (χ0n) is 10.9. The number of piperidine rings is 1. The first-order chi connectivity index (χ1) is 7.69. The van der Waals surface area contributed by atoms with Gasteiger partial charge < -0.3 is 5.73 Å². The molecule has 2 fully saturated rings. The summed E-state index contributed by atoms with van der Waals surface area (Å²) < 4.78 is 0. The van der Waals surface area contributed by atoms with Crippen molar-refractivity contribution in [2.75, 3.05) is 32.7 Å². The summed E-state index contributed by atoms with van der Waals surface area (Å²) in [4.78, 5) is 5.33. The highest BCUT2D eigenvalue weighted by Crippen LogP contribution is 2.26. The van der Waals surface area contributed by atoms with E-state index in [-0.39, 0.29) is 5.54 Å². The molecule has 94 valence electrons. The van der Waals surface area contributed by atoms with Gasteiger partial charge in [0, 0.05) is 37.8 Å². The molecule has 0 aliphatic carbocycles. The zero-order chi connectivity index (χ0) is 11.6. The van der Waals surface area contributed by atoms with Crippen LogP contribution in [0.25, 0.3) is 0 Å². The van der Waals surface area contributed by atoms with Crippen molar-refractivity contribution in [3.8, 4) is 0 Å². The van der Waals surface area contributed by atoms with Gasteiger partial charge >= 0.3 is 0 Å². The van der Waals surface area contributed by atoms with Gasteiger partial charge in [0.25, 0.3) is 0 Å². The van der Waals surface area contributed by atoms with Crippen LogP contribution in [0.5, 0.6) is 0 Å². The number of nitrogens with zero attached hydrogens (tertiary/aromatic N) is 2. The molecule has 0 amide bonds. The zero-order valence-corrected chi connectivity index (χ0v) is 10.9. The highest BCUT2D eigenvalue weighted by Gasteiger charge is 2.36. The average molecular weight is 225 g/mol. The number of rotatable bonds is 3. The lowest BCUT2D eigenvalue weighted by atomic mass is 9.92. The molecular formula is C13H27N3. The highest BCUT2D eigenvalue weighted by molar-refractivity contribution is 4.93. The van der Waals surface area contributed by atoms with E-state index in [2.05, 4.69) is 23.6 Å². The summed E-state index contributed by atoms with van der Waals surface area (Å²) in [6.07, 6.45) is 5.37. The fraction of sp³-hybridized carbons (Fsp3) is 1.00. The topological polar surface area (TPSA) is 32.5 Å². The van der Waals surface area contributed by atoms with E-state index in [9.17, 15) is 0 Å². The summed E-state index contributed by atoms with van der Waals surface area (Å²) in [7, 11) is 0. The van der Waals surface area contributed by atoms with Crippen LogP contribution in [0.1, 0.15) is 39.5 Å². The molecule has 0 aromatic carbocycles. The van der Waals surface area contributed by atoms with Gasteiger partial charge in [-0.2, -0.15) is 0 Å². The molecule has 0 radical (unpaired) electrons. The van der Waals surface area contributed by atoms with Gasteiger partial charge in [0.15, 0.2) is 0 Å². The van der Waals surface area contributed by atoms with Crippen molar-refractivity contribution in [1.29, 1.82) is 0 Å². The van der Waals surface area contributed by atoms with E-state index in [1.54, 1.807) is 0 Å². The molecule has 0 aromatic heterocycles. The second-order valence-electron chi connectivity index (χ2n) is 5.69. The quantitative estimate of drug-likeness (QED) is 0.785. The molecule has 2 atom stereocenters.